The molecule has 7 nitrogen and oxygen atoms in total. The molecule has 0 fully saturated rings. The first-order chi connectivity index (χ1) is 13.0. The Bertz CT molecular complexity index is 785. The van der Waals surface area contributed by atoms with Gasteiger partial charge in [-0.1, -0.05) is 0 Å². The van der Waals surface area contributed by atoms with Crippen molar-refractivity contribution in [3.63, 3.8) is 0 Å². The second-order valence-electron chi connectivity index (χ2n) is 5.91. The highest BCUT2D eigenvalue weighted by molar-refractivity contribution is 5.93. The number of primary amides is 2. The Morgan fingerprint density at radius 1 is 0.704 bits per heavy atom. The van der Waals surface area contributed by atoms with Crippen molar-refractivity contribution in [3.05, 3.63) is 59.7 Å². The van der Waals surface area contributed by atoms with Crippen LogP contribution in [-0.4, -0.2) is 24.4 Å². The number of hydrogen-bond donors (Lipinski definition) is 2. The zero-order chi connectivity index (χ0) is 19.6. The molecule has 2 rings (SSSR count). The van der Waals surface area contributed by atoms with Gasteiger partial charge in [0.25, 0.3) is 0 Å². The zero-order valence-corrected chi connectivity index (χ0v) is 14.9. The van der Waals surface area contributed by atoms with Crippen LogP contribution in [0.2, 0.25) is 0 Å². The maximum absolute atomic E-state index is 11.8. The van der Waals surface area contributed by atoms with Crippen molar-refractivity contribution in [2.24, 2.45) is 11.5 Å². The average molecular weight is 370 g/mol. The summed E-state index contributed by atoms with van der Waals surface area (Å²) in [5, 5.41) is 0. The Morgan fingerprint density at radius 2 is 1.22 bits per heavy atom. The Morgan fingerprint density at radius 3 is 1.74 bits per heavy atom. The number of carbonyl (C=O) groups is 3. The minimum absolute atomic E-state index is 0.297. The largest absolute Gasteiger partial charge is 0.494 e. The highest BCUT2D eigenvalue weighted by atomic mass is 16.5. The third kappa shape index (κ3) is 6.81. The molecule has 2 amide bonds. The summed E-state index contributed by atoms with van der Waals surface area (Å²) in [6.07, 6.45) is 2.58. The van der Waals surface area contributed by atoms with Gasteiger partial charge in [-0.2, -0.15) is 0 Å². The van der Waals surface area contributed by atoms with Gasteiger partial charge in [0, 0.05) is 17.5 Å². The van der Waals surface area contributed by atoms with Crippen LogP contribution in [0.15, 0.2) is 48.5 Å². The third-order valence-corrected chi connectivity index (χ3v) is 3.80. The fourth-order valence-electron chi connectivity index (χ4n) is 2.32. The predicted molar refractivity (Wildman–Crippen MR) is 99.5 cm³/mol. The zero-order valence-electron chi connectivity index (χ0n) is 14.9. The minimum Gasteiger partial charge on any atom is -0.494 e. The molecule has 0 saturated heterocycles. The molecule has 0 radical (unpaired) electrons. The highest BCUT2D eigenvalue weighted by Crippen LogP contribution is 2.15. The fraction of sp³-hybridized carbons (Fsp3) is 0.250. The molecule has 4 N–H and O–H groups in total. The van der Waals surface area contributed by atoms with Gasteiger partial charge in [0.1, 0.15) is 11.5 Å². The number of unbranched alkanes of at least 4 members (excludes halogenated alkanes) is 2. The molecule has 0 bridgehead atoms. The standard InChI is InChI=1S/C20H22N2O5/c21-19(24)14-5-9-16(10-6-14)26-13-3-1-2-4-18(23)27-17-11-7-15(8-12-17)20(22)25/h5-12H,1-4,13H2,(H2,21,24)(H2,22,25). The normalized spacial score (nSPS) is 10.2. The maximum atomic E-state index is 11.8. The summed E-state index contributed by atoms with van der Waals surface area (Å²) in [4.78, 5) is 33.8. The first-order valence-corrected chi connectivity index (χ1v) is 8.59. The van der Waals surface area contributed by atoms with Crippen molar-refractivity contribution in [1.29, 1.82) is 0 Å². The number of rotatable bonds is 10. The van der Waals surface area contributed by atoms with Crippen molar-refractivity contribution in [2.75, 3.05) is 6.61 Å². The molecule has 0 aliphatic heterocycles. The molecule has 0 aromatic heterocycles. The van der Waals surface area contributed by atoms with Gasteiger partial charge in [0.05, 0.1) is 6.61 Å². The number of carbonyl (C=O) groups excluding carboxylic acids is 3. The average Bonchev–Trinajstić information content (AvgIpc) is 2.65. The number of esters is 1. The molecule has 0 spiro atoms. The Labute approximate surface area is 157 Å². The van der Waals surface area contributed by atoms with E-state index in [0.29, 0.717) is 42.1 Å². The van der Waals surface area contributed by atoms with E-state index in [1.165, 1.54) is 24.3 Å². The molecule has 0 heterocycles. The van der Waals surface area contributed by atoms with Crippen LogP contribution in [0, 0.1) is 0 Å². The molecular formula is C20H22N2O5. The SMILES string of the molecule is NC(=O)c1ccc(OCCCCCC(=O)Oc2ccc(C(N)=O)cc2)cc1. The van der Waals surface area contributed by atoms with Crippen LogP contribution in [0.3, 0.4) is 0 Å². The van der Waals surface area contributed by atoms with Gasteiger partial charge in [-0.25, -0.2) is 0 Å². The van der Waals surface area contributed by atoms with Crippen LogP contribution in [-0.2, 0) is 4.79 Å². The van der Waals surface area contributed by atoms with E-state index in [9.17, 15) is 14.4 Å². The lowest BCUT2D eigenvalue weighted by Crippen LogP contribution is -2.11. The lowest BCUT2D eigenvalue weighted by molar-refractivity contribution is -0.134. The number of amides is 2. The molecule has 0 aliphatic carbocycles. The summed E-state index contributed by atoms with van der Waals surface area (Å²) in [5.74, 6) is -0.285. The van der Waals surface area contributed by atoms with Crippen molar-refractivity contribution in [2.45, 2.75) is 25.7 Å². The van der Waals surface area contributed by atoms with Gasteiger partial charge >= 0.3 is 5.97 Å². The molecule has 0 atom stereocenters. The second-order valence-corrected chi connectivity index (χ2v) is 5.91. The molecule has 27 heavy (non-hydrogen) atoms. The van der Waals surface area contributed by atoms with E-state index in [1.54, 1.807) is 24.3 Å². The van der Waals surface area contributed by atoms with E-state index in [-0.39, 0.29) is 5.97 Å². The molecule has 2 aromatic carbocycles. The summed E-state index contributed by atoms with van der Waals surface area (Å²) in [7, 11) is 0. The smallest absolute Gasteiger partial charge is 0.311 e. The molecule has 0 aliphatic rings. The van der Waals surface area contributed by atoms with Crippen LogP contribution in [0.5, 0.6) is 11.5 Å². The van der Waals surface area contributed by atoms with Gasteiger partial charge in [0.2, 0.25) is 11.8 Å². The van der Waals surface area contributed by atoms with Crippen LogP contribution >= 0.6 is 0 Å². The van der Waals surface area contributed by atoms with Crippen molar-refractivity contribution >= 4 is 17.8 Å². The van der Waals surface area contributed by atoms with Crippen LogP contribution in [0.25, 0.3) is 0 Å². The molecule has 142 valence electrons. The summed E-state index contributed by atoms with van der Waals surface area (Å²) >= 11 is 0. The molecule has 0 unspecified atom stereocenters. The quantitative estimate of drug-likeness (QED) is 0.378. The van der Waals surface area contributed by atoms with Gasteiger partial charge < -0.3 is 20.9 Å². The first-order valence-electron chi connectivity index (χ1n) is 8.59. The monoisotopic (exact) mass is 370 g/mol. The van der Waals surface area contributed by atoms with Gasteiger partial charge in [-0.05, 0) is 67.8 Å². The topological polar surface area (TPSA) is 122 Å². The summed E-state index contributed by atoms with van der Waals surface area (Å²) in [6, 6.07) is 12.7. The van der Waals surface area contributed by atoms with Crippen molar-refractivity contribution in [3.8, 4) is 11.5 Å². The Balaban J connectivity index is 1.60. The molecule has 0 saturated carbocycles. The Hall–Kier alpha value is -3.35. The number of nitrogens with two attached hydrogens (primary N) is 2. The molecule has 2 aromatic rings. The summed E-state index contributed by atoms with van der Waals surface area (Å²) in [5.41, 5.74) is 11.1. The third-order valence-electron chi connectivity index (χ3n) is 3.80. The lowest BCUT2D eigenvalue weighted by Gasteiger charge is -2.07. The summed E-state index contributed by atoms with van der Waals surface area (Å²) < 4.78 is 10.8. The highest BCUT2D eigenvalue weighted by Gasteiger charge is 2.06. The second kappa shape index (κ2) is 9.96. The summed E-state index contributed by atoms with van der Waals surface area (Å²) in [6.45, 7) is 0.513. The van der Waals surface area contributed by atoms with Crippen LogP contribution < -0.4 is 20.9 Å². The maximum Gasteiger partial charge on any atom is 0.311 e. The Kier molecular flexibility index (Phi) is 7.37. The lowest BCUT2D eigenvalue weighted by atomic mass is 10.2. The first kappa shape index (κ1) is 20.0. The van der Waals surface area contributed by atoms with Gasteiger partial charge in [0.15, 0.2) is 0 Å². The number of ether oxygens (including phenoxy) is 2. The van der Waals surface area contributed by atoms with E-state index < -0.39 is 11.8 Å². The van der Waals surface area contributed by atoms with E-state index in [2.05, 4.69) is 0 Å². The van der Waals surface area contributed by atoms with Crippen molar-refractivity contribution in [1.82, 2.24) is 0 Å². The van der Waals surface area contributed by atoms with E-state index in [1.807, 2.05) is 0 Å². The molecule has 7 heteroatoms. The van der Waals surface area contributed by atoms with Crippen LogP contribution in [0.4, 0.5) is 0 Å². The van der Waals surface area contributed by atoms with E-state index in [4.69, 9.17) is 20.9 Å². The van der Waals surface area contributed by atoms with Gasteiger partial charge in [-0.15, -0.1) is 0 Å². The number of hydrogen-bond acceptors (Lipinski definition) is 5. The van der Waals surface area contributed by atoms with Gasteiger partial charge in [-0.3, -0.25) is 14.4 Å². The minimum atomic E-state index is -0.529. The predicted octanol–water partition coefficient (Wildman–Crippen LogP) is 2.43. The van der Waals surface area contributed by atoms with Crippen molar-refractivity contribution < 1.29 is 23.9 Å². The van der Waals surface area contributed by atoms with Crippen LogP contribution in [0.1, 0.15) is 46.4 Å². The number of benzene rings is 2. The van der Waals surface area contributed by atoms with E-state index in [0.717, 1.165) is 12.8 Å². The van der Waals surface area contributed by atoms with E-state index >= 15 is 0 Å². The molecular weight excluding hydrogens is 348 g/mol. The fourth-order valence-corrected chi connectivity index (χ4v) is 2.32.